The van der Waals surface area contributed by atoms with E-state index in [9.17, 15) is 10.1 Å². The van der Waals surface area contributed by atoms with Crippen molar-refractivity contribution >= 4 is 40.5 Å². The van der Waals surface area contributed by atoms with Crippen molar-refractivity contribution in [3.8, 4) is 5.75 Å². The van der Waals surface area contributed by atoms with Gasteiger partial charge in [0.2, 0.25) is 0 Å². The van der Waals surface area contributed by atoms with Crippen LogP contribution in [0.1, 0.15) is 5.56 Å². The average Bonchev–Trinajstić information content (AvgIpc) is 2.37. The number of aromatic nitrogens is 1. The van der Waals surface area contributed by atoms with E-state index in [0.29, 0.717) is 10.6 Å². The Labute approximate surface area is 129 Å². The monoisotopic (exact) mass is 332 g/mol. The van der Waals surface area contributed by atoms with Crippen LogP contribution in [0.3, 0.4) is 0 Å². The highest BCUT2D eigenvalue weighted by Gasteiger charge is 2.16. The van der Waals surface area contributed by atoms with Gasteiger partial charge < -0.3 is 4.74 Å². The van der Waals surface area contributed by atoms with Crippen LogP contribution in [0.25, 0.3) is 0 Å². The molecular formula is C12H7Cl3N2O3. The van der Waals surface area contributed by atoms with E-state index in [4.69, 9.17) is 39.5 Å². The van der Waals surface area contributed by atoms with Crippen molar-refractivity contribution in [2.24, 2.45) is 0 Å². The molecule has 0 radical (unpaired) electrons. The van der Waals surface area contributed by atoms with Crippen LogP contribution in [0, 0.1) is 10.1 Å². The summed E-state index contributed by atoms with van der Waals surface area (Å²) in [4.78, 5) is 14.2. The molecule has 1 aromatic carbocycles. The summed E-state index contributed by atoms with van der Waals surface area (Å²) in [5.41, 5.74) is 0.387. The smallest absolute Gasteiger partial charge is 0.311 e. The number of nitro groups is 1. The summed E-state index contributed by atoms with van der Waals surface area (Å²) in [6.45, 7) is 0.0180. The summed E-state index contributed by atoms with van der Waals surface area (Å²) in [7, 11) is 0. The zero-order chi connectivity index (χ0) is 14.7. The molecular weight excluding hydrogens is 327 g/mol. The van der Waals surface area contributed by atoms with Gasteiger partial charge in [-0.3, -0.25) is 10.1 Å². The van der Waals surface area contributed by atoms with Gasteiger partial charge in [-0.2, -0.15) is 0 Å². The number of halogens is 3. The Balaban J connectivity index is 2.22. The highest BCUT2D eigenvalue weighted by atomic mass is 35.5. The second-order valence-corrected chi connectivity index (χ2v) is 4.92. The molecule has 0 saturated carbocycles. The van der Waals surface area contributed by atoms with Crippen molar-refractivity contribution in [2.75, 3.05) is 0 Å². The van der Waals surface area contributed by atoms with Crippen LogP contribution in [-0.4, -0.2) is 9.91 Å². The van der Waals surface area contributed by atoms with Gasteiger partial charge >= 0.3 is 5.69 Å². The van der Waals surface area contributed by atoms with Gasteiger partial charge in [0.1, 0.15) is 16.9 Å². The first-order valence-electron chi connectivity index (χ1n) is 5.35. The molecule has 0 spiro atoms. The minimum Gasteiger partial charge on any atom is -0.482 e. The largest absolute Gasteiger partial charge is 0.482 e. The maximum absolute atomic E-state index is 10.9. The number of hydrogen-bond donors (Lipinski definition) is 0. The van der Waals surface area contributed by atoms with E-state index >= 15 is 0 Å². The summed E-state index contributed by atoms with van der Waals surface area (Å²) in [5.74, 6) is 0.0634. The van der Waals surface area contributed by atoms with Crippen LogP contribution in [0.2, 0.25) is 15.3 Å². The van der Waals surface area contributed by atoms with Crippen molar-refractivity contribution in [3.63, 3.8) is 0 Å². The topological polar surface area (TPSA) is 65.3 Å². The highest BCUT2D eigenvalue weighted by Crippen LogP contribution is 2.31. The lowest BCUT2D eigenvalue weighted by molar-refractivity contribution is -0.385. The molecule has 0 saturated heterocycles. The number of hydrogen-bond acceptors (Lipinski definition) is 4. The Hall–Kier alpha value is -1.56. The molecule has 0 bridgehead atoms. The first-order chi connectivity index (χ1) is 9.47. The molecule has 0 fully saturated rings. The molecule has 0 unspecified atom stereocenters. The molecule has 2 rings (SSSR count). The van der Waals surface area contributed by atoms with Crippen molar-refractivity contribution in [1.29, 1.82) is 0 Å². The van der Waals surface area contributed by atoms with Crippen LogP contribution >= 0.6 is 34.8 Å². The summed E-state index contributed by atoms with van der Waals surface area (Å²) < 4.78 is 5.39. The molecule has 0 amide bonds. The highest BCUT2D eigenvalue weighted by molar-refractivity contribution is 6.32. The zero-order valence-electron chi connectivity index (χ0n) is 9.85. The lowest BCUT2D eigenvalue weighted by atomic mass is 10.3. The van der Waals surface area contributed by atoms with Crippen LogP contribution < -0.4 is 4.74 Å². The quantitative estimate of drug-likeness (QED) is 0.468. The summed E-state index contributed by atoms with van der Waals surface area (Å²) in [5, 5.41) is 11.7. The lowest BCUT2D eigenvalue weighted by Crippen LogP contribution is -2.00. The van der Waals surface area contributed by atoms with Crippen molar-refractivity contribution in [3.05, 3.63) is 61.3 Å². The van der Waals surface area contributed by atoms with Gasteiger partial charge in [-0.15, -0.1) is 0 Å². The maximum atomic E-state index is 10.9. The van der Waals surface area contributed by atoms with Crippen LogP contribution in [-0.2, 0) is 6.61 Å². The molecule has 0 aliphatic heterocycles. The molecule has 1 heterocycles. The van der Waals surface area contributed by atoms with Crippen molar-refractivity contribution < 1.29 is 9.66 Å². The molecule has 8 heteroatoms. The van der Waals surface area contributed by atoms with E-state index in [2.05, 4.69) is 4.98 Å². The van der Waals surface area contributed by atoms with E-state index in [1.807, 2.05) is 0 Å². The van der Waals surface area contributed by atoms with E-state index < -0.39 is 4.92 Å². The maximum Gasteiger partial charge on any atom is 0.311 e. The SMILES string of the molecule is O=[N+]([O-])c1ccc(Cl)cc1OCc1ccc(Cl)nc1Cl. The van der Waals surface area contributed by atoms with Gasteiger partial charge in [-0.1, -0.05) is 34.8 Å². The number of nitrogens with zero attached hydrogens (tertiary/aromatic N) is 2. The van der Waals surface area contributed by atoms with E-state index in [-0.39, 0.29) is 28.3 Å². The van der Waals surface area contributed by atoms with Gasteiger partial charge in [0.05, 0.1) is 4.92 Å². The van der Waals surface area contributed by atoms with Gasteiger partial charge in [0.15, 0.2) is 5.75 Å². The Kier molecular flexibility index (Phi) is 4.65. The Morgan fingerprint density at radius 1 is 1.20 bits per heavy atom. The van der Waals surface area contributed by atoms with Crippen molar-refractivity contribution in [2.45, 2.75) is 6.61 Å². The number of rotatable bonds is 4. The molecule has 20 heavy (non-hydrogen) atoms. The van der Waals surface area contributed by atoms with Gasteiger partial charge in [0.25, 0.3) is 0 Å². The van der Waals surface area contributed by atoms with Crippen molar-refractivity contribution in [1.82, 2.24) is 4.98 Å². The lowest BCUT2D eigenvalue weighted by Gasteiger charge is -2.08. The summed E-state index contributed by atoms with van der Waals surface area (Å²) >= 11 is 17.4. The Morgan fingerprint density at radius 3 is 2.60 bits per heavy atom. The fourth-order valence-electron chi connectivity index (χ4n) is 1.46. The second kappa shape index (κ2) is 6.26. The van der Waals surface area contributed by atoms with Crippen LogP contribution in [0.4, 0.5) is 5.69 Å². The van der Waals surface area contributed by atoms with E-state index in [1.54, 1.807) is 12.1 Å². The molecule has 0 atom stereocenters. The third-order valence-corrected chi connectivity index (χ3v) is 3.17. The number of ether oxygens (including phenoxy) is 1. The van der Waals surface area contributed by atoms with Crippen LogP contribution in [0.15, 0.2) is 30.3 Å². The third kappa shape index (κ3) is 3.50. The number of pyridine rings is 1. The molecule has 104 valence electrons. The first-order valence-corrected chi connectivity index (χ1v) is 6.48. The fraction of sp³-hybridized carbons (Fsp3) is 0.0833. The average molecular weight is 334 g/mol. The molecule has 0 aliphatic carbocycles. The molecule has 0 N–H and O–H groups in total. The van der Waals surface area contributed by atoms with E-state index in [0.717, 1.165) is 0 Å². The van der Waals surface area contributed by atoms with Gasteiger partial charge in [-0.25, -0.2) is 4.98 Å². The summed E-state index contributed by atoms with van der Waals surface area (Å²) in [6, 6.07) is 7.26. The fourth-order valence-corrected chi connectivity index (χ4v) is 2.02. The first kappa shape index (κ1) is 14.8. The number of nitro benzene ring substituents is 1. The normalized spacial score (nSPS) is 10.3. The number of benzene rings is 1. The standard InChI is InChI=1S/C12H7Cl3N2O3/c13-8-2-3-9(17(18)19)10(5-8)20-6-7-1-4-11(14)16-12(7)15/h1-5H,6H2. The van der Waals surface area contributed by atoms with E-state index in [1.165, 1.54) is 18.2 Å². The molecule has 1 aromatic heterocycles. The minimum atomic E-state index is -0.548. The van der Waals surface area contributed by atoms with Gasteiger partial charge in [-0.05, 0) is 18.2 Å². The zero-order valence-corrected chi connectivity index (χ0v) is 12.1. The third-order valence-electron chi connectivity index (χ3n) is 2.39. The molecule has 5 nitrogen and oxygen atoms in total. The van der Waals surface area contributed by atoms with Gasteiger partial charge in [0, 0.05) is 22.7 Å². The Bertz CT molecular complexity index is 664. The Morgan fingerprint density at radius 2 is 1.95 bits per heavy atom. The second-order valence-electron chi connectivity index (χ2n) is 3.74. The molecule has 0 aliphatic rings. The van der Waals surface area contributed by atoms with Crippen LogP contribution in [0.5, 0.6) is 5.75 Å². The minimum absolute atomic E-state index is 0.0180. The summed E-state index contributed by atoms with van der Waals surface area (Å²) in [6.07, 6.45) is 0. The predicted molar refractivity (Wildman–Crippen MR) is 76.7 cm³/mol. The predicted octanol–water partition coefficient (Wildman–Crippen LogP) is 4.53. The molecule has 2 aromatic rings.